The standard InChI is InChI=1S/C7H11NO/c1-6-7(5-8)3-2-4-9-6/h6-7H,2-4H2,1H3. The second kappa shape index (κ2) is 2.84. The molecule has 0 N–H and O–H groups in total. The average molecular weight is 125 g/mol. The third-order valence-electron chi connectivity index (χ3n) is 1.77. The van der Waals surface area contributed by atoms with Gasteiger partial charge in [-0.3, -0.25) is 0 Å². The molecule has 0 aromatic carbocycles. The first-order valence-corrected chi connectivity index (χ1v) is 3.36. The molecule has 2 nitrogen and oxygen atoms in total. The summed E-state index contributed by atoms with van der Waals surface area (Å²) >= 11 is 0. The normalized spacial score (nSPS) is 35.6. The van der Waals surface area contributed by atoms with Crippen molar-refractivity contribution in [3.8, 4) is 6.07 Å². The number of ether oxygens (including phenoxy) is 1. The minimum atomic E-state index is 0.138. The molecule has 1 fully saturated rings. The van der Waals surface area contributed by atoms with E-state index in [-0.39, 0.29) is 12.0 Å². The van der Waals surface area contributed by atoms with Crippen molar-refractivity contribution in [2.75, 3.05) is 6.61 Å². The first-order valence-electron chi connectivity index (χ1n) is 3.36. The minimum Gasteiger partial charge on any atom is -0.377 e. The van der Waals surface area contributed by atoms with E-state index in [2.05, 4.69) is 6.07 Å². The van der Waals surface area contributed by atoms with Crippen LogP contribution in [0.5, 0.6) is 0 Å². The van der Waals surface area contributed by atoms with Crippen LogP contribution in [0.25, 0.3) is 0 Å². The highest BCUT2D eigenvalue weighted by Crippen LogP contribution is 2.18. The second-order valence-electron chi connectivity index (χ2n) is 2.45. The summed E-state index contributed by atoms with van der Waals surface area (Å²) in [7, 11) is 0. The van der Waals surface area contributed by atoms with Crippen molar-refractivity contribution in [3.05, 3.63) is 0 Å². The molecule has 0 spiro atoms. The quantitative estimate of drug-likeness (QED) is 0.489. The maximum Gasteiger partial charge on any atom is 0.0723 e. The van der Waals surface area contributed by atoms with Crippen molar-refractivity contribution in [2.24, 2.45) is 5.92 Å². The van der Waals surface area contributed by atoms with Crippen LogP contribution in [0.2, 0.25) is 0 Å². The second-order valence-corrected chi connectivity index (χ2v) is 2.45. The predicted molar refractivity (Wildman–Crippen MR) is 33.8 cm³/mol. The van der Waals surface area contributed by atoms with E-state index in [0.29, 0.717) is 0 Å². The van der Waals surface area contributed by atoms with Crippen LogP contribution in [0.1, 0.15) is 19.8 Å². The van der Waals surface area contributed by atoms with Gasteiger partial charge in [-0.15, -0.1) is 0 Å². The molecule has 1 aliphatic heterocycles. The Morgan fingerprint density at radius 1 is 1.67 bits per heavy atom. The number of hydrogen-bond acceptors (Lipinski definition) is 2. The Morgan fingerprint density at radius 3 is 2.89 bits per heavy atom. The number of rotatable bonds is 0. The lowest BCUT2D eigenvalue weighted by Crippen LogP contribution is -2.25. The molecule has 2 heteroatoms. The molecule has 0 saturated carbocycles. The van der Waals surface area contributed by atoms with Crippen molar-refractivity contribution >= 4 is 0 Å². The zero-order chi connectivity index (χ0) is 6.69. The van der Waals surface area contributed by atoms with Gasteiger partial charge in [-0.1, -0.05) is 0 Å². The predicted octanol–water partition coefficient (Wildman–Crippen LogP) is 1.33. The lowest BCUT2D eigenvalue weighted by atomic mass is 9.97. The van der Waals surface area contributed by atoms with Crippen LogP contribution in [0, 0.1) is 17.2 Å². The SMILES string of the molecule is CC1OCCCC1C#N. The number of nitriles is 1. The van der Waals surface area contributed by atoms with Crippen molar-refractivity contribution in [2.45, 2.75) is 25.9 Å². The van der Waals surface area contributed by atoms with Gasteiger partial charge < -0.3 is 4.74 Å². The average Bonchev–Trinajstić information content (AvgIpc) is 1.89. The van der Waals surface area contributed by atoms with E-state index in [1.54, 1.807) is 0 Å². The van der Waals surface area contributed by atoms with Crippen LogP contribution < -0.4 is 0 Å². The summed E-state index contributed by atoms with van der Waals surface area (Å²) in [5.74, 6) is 0.138. The Balaban J connectivity index is 2.41. The highest BCUT2D eigenvalue weighted by atomic mass is 16.5. The zero-order valence-corrected chi connectivity index (χ0v) is 5.63. The van der Waals surface area contributed by atoms with E-state index in [1.807, 2.05) is 6.92 Å². The Labute approximate surface area is 55.4 Å². The topological polar surface area (TPSA) is 33.0 Å². The van der Waals surface area contributed by atoms with E-state index < -0.39 is 0 Å². The minimum absolute atomic E-state index is 0.138. The summed E-state index contributed by atoms with van der Waals surface area (Å²) in [6, 6.07) is 2.23. The molecular weight excluding hydrogens is 114 g/mol. The largest absolute Gasteiger partial charge is 0.377 e. The molecular formula is C7H11NO. The maximum absolute atomic E-state index is 8.53. The summed E-state index contributed by atoms with van der Waals surface area (Å²) in [6.07, 6.45) is 2.21. The molecule has 0 radical (unpaired) electrons. The van der Waals surface area contributed by atoms with E-state index in [9.17, 15) is 0 Å². The molecule has 1 saturated heterocycles. The summed E-state index contributed by atoms with van der Waals surface area (Å²) in [4.78, 5) is 0. The fourth-order valence-electron chi connectivity index (χ4n) is 1.09. The van der Waals surface area contributed by atoms with Crippen LogP contribution in [0.3, 0.4) is 0 Å². The van der Waals surface area contributed by atoms with Gasteiger partial charge in [0, 0.05) is 6.61 Å². The van der Waals surface area contributed by atoms with Crippen molar-refractivity contribution in [3.63, 3.8) is 0 Å². The molecule has 0 aromatic rings. The van der Waals surface area contributed by atoms with Gasteiger partial charge in [0.1, 0.15) is 0 Å². The molecule has 0 aromatic heterocycles. The summed E-state index contributed by atoms with van der Waals surface area (Å²) in [5, 5.41) is 8.53. The van der Waals surface area contributed by atoms with Crippen LogP contribution in [-0.4, -0.2) is 12.7 Å². The van der Waals surface area contributed by atoms with Crippen LogP contribution >= 0.6 is 0 Å². The zero-order valence-electron chi connectivity index (χ0n) is 5.63. The Bertz CT molecular complexity index is 127. The molecule has 1 aliphatic rings. The third-order valence-corrected chi connectivity index (χ3v) is 1.77. The van der Waals surface area contributed by atoms with Gasteiger partial charge in [0.25, 0.3) is 0 Å². The summed E-state index contributed by atoms with van der Waals surface area (Å²) in [5.41, 5.74) is 0. The summed E-state index contributed by atoms with van der Waals surface area (Å²) in [6.45, 7) is 2.80. The van der Waals surface area contributed by atoms with Gasteiger partial charge in [-0.05, 0) is 19.8 Å². The van der Waals surface area contributed by atoms with Gasteiger partial charge >= 0.3 is 0 Å². The molecule has 0 aliphatic carbocycles. The van der Waals surface area contributed by atoms with Crippen molar-refractivity contribution in [1.29, 1.82) is 5.26 Å². The maximum atomic E-state index is 8.53. The van der Waals surface area contributed by atoms with Gasteiger partial charge in [0.15, 0.2) is 0 Å². The van der Waals surface area contributed by atoms with E-state index in [0.717, 1.165) is 19.4 Å². The lowest BCUT2D eigenvalue weighted by molar-refractivity contribution is 0.00386. The Hall–Kier alpha value is -0.550. The number of nitrogens with zero attached hydrogens (tertiary/aromatic N) is 1. The van der Waals surface area contributed by atoms with Gasteiger partial charge in [-0.25, -0.2) is 0 Å². The van der Waals surface area contributed by atoms with Gasteiger partial charge in [0.05, 0.1) is 18.1 Å². The molecule has 50 valence electrons. The molecule has 0 bridgehead atoms. The molecule has 1 rings (SSSR count). The van der Waals surface area contributed by atoms with Crippen LogP contribution in [0.4, 0.5) is 0 Å². The fraction of sp³-hybridized carbons (Fsp3) is 0.857. The first-order chi connectivity index (χ1) is 4.34. The molecule has 9 heavy (non-hydrogen) atoms. The van der Waals surface area contributed by atoms with Crippen molar-refractivity contribution < 1.29 is 4.74 Å². The molecule has 2 unspecified atom stereocenters. The van der Waals surface area contributed by atoms with Gasteiger partial charge in [0.2, 0.25) is 0 Å². The molecule has 0 amide bonds. The first kappa shape index (κ1) is 6.57. The monoisotopic (exact) mass is 125 g/mol. The van der Waals surface area contributed by atoms with Crippen LogP contribution in [0.15, 0.2) is 0 Å². The Morgan fingerprint density at radius 2 is 2.44 bits per heavy atom. The summed E-state index contributed by atoms with van der Waals surface area (Å²) < 4.78 is 5.26. The van der Waals surface area contributed by atoms with E-state index in [1.165, 1.54) is 0 Å². The van der Waals surface area contributed by atoms with Crippen molar-refractivity contribution in [1.82, 2.24) is 0 Å². The highest BCUT2D eigenvalue weighted by molar-refractivity contribution is 4.88. The van der Waals surface area contributed by atoms with Gasteiger partial charge in [-0.2, -0.15) is 5.26 Å². The highest BCUT2D eigenvalue weighted by Gasteiger charge is 2.20. The smallest absolute Gasteiger partial charge is 0.0723 e. The third kappa shape index (κ3) is 1.43. The van der Waals surface area contributed by atoms with E-state index >= 15 is 0 Å². The lowest BCUT2D eigenvalue weighted by Gasteiger charge is -2.23. The molecule has 2 atom stereocenters. The van der Waals surface area contributed by atoms with Crippen LogP contribution in [-0.2, 0) is 4.74 Å². The Kier molecular flexibility index (Phi) is 2.07. The molecule has 1 heterocycles. The number of hydrogen-bond donors (Lipinski definition) is 0. The van der Waals surface area contributed by atoms with E-state index in [4.69, 9.17) is 10.00 Å². The fourth-order valence-corrected chi connectivity index (χ4v) is 1.09.